The molecule has 4 rings (SSSR count). The normalized spacial score (nSPS) is 15.9. The number of amides is 5. The third kappa shape index (κ3) is 12.2. The highest BCUT2D eigenvalue weighted by molar-refractivity contribution is 5.88. The van der Waals surface area contributed by atoms with Crippen LogP contribution in [-0.4, -0.2) is 99.8 Å². The summed E-state index contributed by atoms with van der Waals surface area (Å²) in [6.07, 6.45) is -0.100. The quantitative estimate of drug-likeness (QED) is 0.132. The van der Waals surface area contributed by atoms with E-state index in [4.69, 9.17) is 4.74 Å². The molecule has 13 heteroatoms. The van der Waals surface area contributed by atoms with E-state index in [0.29, 0.717) is 32.5 Å². The largest absolute Gasteiger partial charge is 0.453 e. The molecular formula is C43H61N7O6. The Labute approximate surface area is 332 Å². The molecular weight excluding hydrogens is 711 g/mol. The number of urea groups is 1. The molecule has 0 saturated carbocycles. The lowest BCUT2D eigenvalue weighted by molar-refractivity contribution is -0.132. The van der Waals surface area contributed by atoms with Crippen LogP contribution in [0.5, 0.6) is 0 Å². The van der Waals surface area contributed by atoms with Crippen LogP contribution in [0.15, 0.2) is 72.8 Å². The maximum Gasteiger partial charge on any atom is 0.407 e. The number of rotatable bonds is 18. The van der Waals surface area contributed by atoms with Gasteiger partial charge in [-0.05, 0) is 59.9 Å². The van der Waals surface area contributed by atoms with Gasteiger partial charge in [0.1, 0.15) is 12.1 Å². The lowest BCUT2D eigenvalue weighted by atomic mass is 9.86. The van der Waals surface area contributed by atoms with Crippen molar-refractivity contribution in [3.05, 3.63) is 101 Å². The Balaban J connectivity index is 1.61. The third-order valence-corrected chi connectivity index (χ3v) is 10.4. The maximum atomic E-state index is 14.5. The van der Waals surface area contributed by atoms with Gasteiger partial charge in [0, 0.05) is 31.9 Å². The molecule has 1 saturated heterocycles. The van der Waals surface area contributed by atoms with Crippen LogP contribution in [-0.2, 0) is 40.3 Å². The summed E-state index contributed by atoms with van der Waals surface area (Å²) in [5, 5.41) is 19.5. The number of ether oxygens (including phenoxy) is 1. The van der Waals surface area contributed by atoms with E-state index < -0.39 is 41.6 Å². The van der Waals surface area contributed by atoms with Crippen molar-refractivity contribution in [2.75, 3.05) is 26.7 Å². The Morgan fingerprint density at radius 2 is 1.59 bits per heavy atom. The average molecular weight is 772 g/mol. The molecule has 3 aromatic rings. The number of hydrazine groups is 1. The molecule has 0 aliphatic carbocycles. The number of carbonyl (C=O) groups excluding carboxylic acids is 4. The summed E-state index contributed by atoms with van der Waals surface area (Å²) in [7, 11) is 1.24. The second-order valence-corrected chi connectivity index (χ2v) is 15.8. The number of aryl methyl sites for hydroxylation is 2. The molecule has 0 spiro atoms. The molecule has 4 N–H and O–H groups in total. The molecule has 13 nitrogen and oxygen atoms in total. The SMILES string of the molecule is CCc1ccc(CN(CC(O)C(Cc2ccccc2)NC(=O)C(C(C)CC)N2CCN(Cc3cccc(C)n3)C2=O)NC(=O)C(NC(=O)OC)C(C)(C)C)cc1. The molecule has 5 amide bonds. The number of methoxy groups -OCH3 is 1. The molecule has 0 radical (unpaired) electrons. The van der Waals surface area contributed by atoms with Crippen molar-refractivity contribution in [2.24, 2.45) is 11.3 Å². The number of pyridine rings is 1. The maximum absolute atomic E-state index is 14.5. The van der Waals surface area contributed by atoms with Gasteiger partial charge in [-0.25, -0.2) is 14.6 Å². The monoisotopic (exact) mass is 771 g/mol. The van der Waals surface area contributed by atoms with E-state index in [0.717, 1.165) is 34.5 Å². The first-order valence-electron chi connectivity index (χ1n) is 19.6. The number of hydrogen-bond acceptors (Lipinski definition) is 8. The van der Waals surface area contributed by atoms with Crippen LogP contribution in [0.25, 0.3) is 0 Å². The molecule has 56 heavy (non-hydrogen) atoms. The van der Waals surface area contributed by atoms with Crippen molar-refractivity contribution in [1.82, 2.24) is 35.9 Å². The summed E-state index contributed by atoms with van der Waals surface area (Å²) in [6.45, 7) is 14.8. The lowest BCUT2D eigenvalue weighted by Crippen LogP contribution is -2.60. The number of carbonyl (C=O) groups is 4. The van der Waals surface area contributed by atoms with Gasteiger partial charge in [-0.1, -0.05) is 109 Å². The Bertz CT molecular complexity index is 1750. The van der Waals surface area contributed by atoms with Gasteiger partial charge in [-0.15, -0.1) is 0 Å². The van der Waals surface area contributed by atoms with E-state index in [2.05, 4.69) is 28.0 Å². The summed E-state index contributed by atoms with van der Waals surface area (Å²) < 4.78 is 4.81. The first-order chi connectivity index (χ1) is 26.6. The van der Waals surface area contributed by atoms with E-state index in [-0.39, 0.29) is 30.9 Å². The first kappa shape index (κ1) is 43.7. The molecule has 1 aromatic heterocycles. The summed E-state index contributed by atoms with van der Waals surface area (Å²) in [6, 6.07) is 20.5. The Kier molecular flexibility index (Phi) is 15.8. The van der Waals surface area contributed by atoms with Gasteiger partial charge in [-0.3, -0.25) is 20.0 Å². The van der Waals surface area contributed by atoms with Crippen LogP contribution in [0.1, 0.15) is 76.0 Å². The summed E-state index contributed by atoms with van der Waals surface area (Å²) in [4.78, 5) is 62.4. The number of nitrogens with one attached hydrogen (secondary N) is 3. The van der Waals surface area contributed by atoms with Crippen molar-refractivity contribution in [3.63, 3.8) is 0 Å². The third-order valence-electron chi connectivity index (χ3n) is 10.4. The molecule has 1 aliphatic rings. The summed E-state index contributed by atoms with van der Waals surface area (Å²) >= 11 is 0. The smallest absolute Gasteiger partial charge is 0.407 e. The van der Waals surface area contributed by atoms with Gasteiger partial charge in [0.25, 0.3) is 5.91 Å². The standard InChI is InChI=1S/C43H61N7O6/c1-9-29(3)37(50-24-23-48(42(50)55)27-34-18-14-15-30(4)44-34)39(52)45-35(25-32-16-12-11-13-17-32)36(51)28-49(26-33-21-19-31(10-2)20-22-33)47-40(53)38(43(5,6)7)46-41(54)56-8/h11-22,29,35-38,51H,9-10,23-28H2,1-8H3,(H,45,52)(H,46,54)(H,47,53). The second kappa shape index (κ2) is 20.2. The number of aliphatic hydroxyl groups excluding tert-OH is 1. The number of nitrogens with zero attached hydrogens (tertiary/aromatic N) is 4. The van der Waals surface area contributed by atoms with Gasteiger partial charge in [-0.2, -0.15) is 0 Å². The number of aliphatic hydroxyl groups is 1. The summed E-state index contributed by atoms with van der Waals surface area (Å²) in [5.74, 6) is -1.02. The van der Waals surface area contributed by atoms with Crippen LogP contribution in [0.4, 0.5) is 9.59 Å². The highest BCUT2D eigenvalue weighted by atomic mass is 16.5. The Morgan fingerprint density at radius 3 is 2.20 bits per heavy atom. The van der Waals surface area contributed by atoms with Gasteiger partial charge in [0.05, 0.1) is 31.5 Å². The van der Waals surface area contributed by atoms with E-state index in [9.17, 15) is 24.3 Å². The van der Waals surface area contributed by atoms with Crippen LogP contribution >= 0.6 is 0 Å². The Morgan fingerprint density at radius 1 is 0.911 bits per heavy atom. The fourth-order valence-corrected chi connectivity index (χ4v) is 6.92. The van der Waals surface area contributed by atoms with Crippen molar-refractivity contribution >= 4 is 23.9 Å². The average Bonchev–Trinajstić information content (AvgIpc) is 3.51. The van der Waals surface area contributed by atoms with Gasteiger partial charge < -0.3 is 30.3 Å². The minimum atomic E-state index is -1.17. The molecule has 2 aromatic carbocycles. The van der Waals surface area contributed by atoms with Crippen molar-refractivity contribution in [3.8, 4) is 0 Å². The number of benzene rings is 2. The second-order valence-electron chi connectivity index (χ2n) is 15.8. The van der Waals surface area contributed by atoms with Crippen LogP contribution in [0.3, 0.4) is 0 Å². The van der Waals surface area contributed by atoms with E-state index in [1.54, 1.807) is 14.8 Å². The minimum Gasteiger partial charge on any atom is -0.453 e. The topological polar surface area (TPSA) is 156 Å². The number of hydrogen-bond donors (Lipinski definition) is 4. The van der Waals surface area contributed by atoms with Gasteiger partial charge in [0.15, 0.2) is 0 Å². The van der Waals surface area contributed by atoms with E-state index >= 15 is 0 Å². The van der Waals surface area contributed by atoms with E-state index in [1.165, 1.54) is 7.11 Å². The number of alkyl carbamates (subject to hydrolysis) is 1. The minimum absolute atomic E-state index is 0.0674. The highest BCUT2D eigenvalue weighted by Crippen LogP contribution is 2.24. The zero-order valence-electron chi connectivity index (χ0n) is 34.2. The lowest BCUT2D eigenvalue weighted by Gasteiger charge is -2.36. The molecule has 5 unspecified atom stereocenters. The predicted octanol–water partition coefficient (Wildman–Crippen LogP) is 5.00. The molecule has 1 fully saturated rings. The molecule has 304 valence electrons. The predicted molar refractivity (Wildman–Crippen MR) is 216 cm³/mol. The van der Waals surface area contributed by atoms with Crippen molar-refractivity contribution in [2.45, 2.75) is 105 Å². The van der Waals surface area contributed by atoms with Crippen LogP contribution < -0.4 is 16.1 Å². The first-order valence-corrected chi connectivity index (χ1v) is 19.6. The van der Waals surface area contributed by atoms with Crippen LogP contribution in [0.2, 0.25) is 0 Å². The molecule has 0 bridgehead atoms. The van der Waals surface area contributed by atoms with E-state index in [1.807, 2.05) is 114 Å². The van der Waals surface area contributed by atoms with Gasteiger partial charge in [0.2, 0.25) is 5.91 Å². The fourth-order valence-electron chi connectivity index (χ4n) is 6.92. The molecule has 5 atom stereocenters. The highest BCUT2D eigenvalue weighted by Gasteiger charge is 2.41. The van der Waals surface area contributed by atoms with Crippen molar-refractivity contribution < 1.29 is 29.0 Å². The molecule has 2 heterocycles. The van der Waals surface area contributed by atoms with Gasteiger partial charge >= 0.3 is 12.1 Å². The number of aromatic nitrogens is 1. The zero-order chi connectivity index (χ0) is 41.0. The fraction of sp³-hybridized carbons (Fsp3) is 0.512. The van der Waals surface area contributed by atoms with Crippen LogP contribution in [0, 0.1) is 18.3 Å². The Hall–Kier alpha value is -5.01. The summed E-state index contributed by atoms with van der Waals surface area (Å²) in [5.41, 5.74) is 6.86. The molecule has 1 aliphatic heterocycles. The van der Waals surface area contributed by atoms with Crippen molar-refractivity contribution in [1.29, 1.82) is 0 Å². The zero-order valence-corrected chi connectivity index (χ0v) is 34.2.